The molecule has 0 saturated heterocycles. The quantitative estimate of drug-likeness (QED) is 0.330. The molecule has 0 aliphatic heterocycles. The van der Waals surface area contributed by atoms with Crippen molar-refractivity contribution < 1.29 is 9.30 Å². The molecule has 0 unspecified atom stereocenters. The minimum Gasteiger partial charge on any atom is -0.375 e. The fraction of sp³-hybridized carbons (Fsp3) is 0.261. The van der Waals surface area contributed by atoms with Crippen molar-refractivity contribution >= 4 is 8.46 Å². The minimum absolute atomic E-state index is 0.177. The normalized spacial score (nSPS) is 11.0. The zero-order valence-corrected chi connectivity index (χ0v) is 16.5. The Hall–Kier alpha value is -2.35. The summed E-state index contributed by atoms with van der Waals surface area (Å²) in [6.07, 6.45) is 2.46. The Balaban J connectivity index is 1.89. The molecule has 3 nitrogen and oxygen atoms in total. The van der Waals surface area contributed by atoms with Crippen LogP contribution in [0.1, 0.15) is 24.6 Å². The maximum absolute atomic E-state index is 10.5. The predicted molar refractivity (Wildman–Crippen MR) is 111 cm³/mol. The van der Waals surface area contributed by atoms with Gasteiger partial charge in [0.25, 0.3) is 0 Å². The second kappa shape index (κ2) is 10.1. The summed E-state index contributed by atoms with van der Waals surface area (Å²) < 4.78 is 16.2. The third kappa shape index (κ3) is 5.32. The Kier molecular flexibility index (Phi) is 7.27. The molecular weight excluding hydrogens is 353 g/mol. The molecule has 138 valence electrons. The lowest BCUT2D eigenvalue weighted by molar-refractivity contribution is 0.119. The number of pyridine rings is 1. The Labute approximate surface area is 162 Å². The summed E-state index contributed by atoms with van der Waals surface area (Å²) in [6, 6.07) is 23.1. The number of aryl methyl sites for hydroxylation is 1. The van der Waals surface area contributed by atoms with Crippen molar-refractivity contribution in [2.45, 2.75) is 26.4 Å². The van der Waals surface area contributed by atoms with Crippen LogP contribution in [-0.4, -0.2) is 17.8 Å². The van der Waals surface area contributed by atoms with Crippen molar-refractivity contribution in [3.8, 4) is 22.4 Å². The molecule has 3 aromatic rings. The van der Waals surface area contributed by atoms with Gasteiger partial charge in [-0.1, -0.05) is 67.6 Å². The molecular formula is C23H24NO2P. The number of hydrogen-bond donors (Lipinski definition) is 0. The van der Waals surface area contributed by atoms with E-state index in [0.717, 1.165) is 35.4 Å². The Morgan fingerprint density at radius 3 is 2.41 bits per heavy atom. The molecule has 2 aromatic carbocycles. The standard InChI is InChI=1S/C23H24NO2P/c1-2-18-9-11-19(12-10-18)22-14-13-21(17-26-15-6-16-27-25)24-23(22)20-7-4-3-5-8-20/h3-5,7-14H,2,6,15-17H2,1H3. The van der Waals surface area contributed by atoms with E-state index >= 15 is 0 Å². The van der Waals surface area contributed by atoms with Gasteiger partial charge in [0.05, 0.1) is 18.0 Å². The average molecular weight is 377 g/mol. The van der Waals surface area contributed by atoms with Crippen molar-refractivity contribution in [1.82, 2.24) is 4.98 Å². The molecule has 0 fully saturated rings. The lowest BCUT2D eigenvalue weighted by Gasteiger charge is -2.12. The molecule has 0 aliphatic rings. The molecule has 0 bridgehead atoms. The molecule has 0 saturated carbocycles. The molecule has 1 aromatic heterocycles. The van der Waals surface area contributed by atoms with Crippen LogP contribution < -0.4 is 0 Å². The topological polar surface area (TPSA) is 39.2 Å². The molecule has 3 rings (SSSR count). The van der Waals surface area contributed by atoms with Crippen molar-refractivity contribution in [3.63, 3.8) is 0 Å². The van der Waals surface area contributed by atoms with E-state index in [9.17, 15) is 4.57 Å². The fourth-order valence-corrected chi connectivity index (χ4v) is 3.22. The van der Waals surface area contributed by atoms with Crippen molar-refractivity contribution in [3.05, 3.63) is 78.0 Å². The summed E-state index contributed by atoms with van der Waals surface area (Å²) in [6.45, 7) is 3.22. The van der Waals surface area contributed by atoms with Crippen molar-refractivity contribution in [2.24, 2.45) is 0 Å². The van der Waals surface area contributed by atoms with Gasteiger partial charge in [-0.25, -0.2) is 4.98 Å². The molecule has 0 aliphatic carbocycles. The highest BCUT2D eigenvalue weighted by Gasteiger charge is 2.11. The van der Waals surface area contributed by atoms with E-state index in [2.05, 4.69) is 49.4 Å². The summed E-state index contributed by atoms with van der Waals surface area (Å²) in [5.74, 6) is 0. The highest BCUT2D eigenvalue weighted by atomic mass is 31.1. The highest BCUT2D eigenvalue weighted by Crippen LogP contribution is 2.31. The smallest absolute Gasteiger partial charge is 0.155 e. The van der Waals surface area contributed by atoms with Crippen LogP contribution >= 0.6 is 8.46 Å². The zero-order valence-electron chi connectivity index (χ0n) is 15.6. The lowest BCUT2D eigenvalue weighted by Crippen LogP contribution is -2.00. The van der Waals surface area contributed by atoms with Gasteiger partial charge in [-0.3, -0.25) is 4.57 Å². The van der Waals surface area contributed by atoms with Crippen molar-refractivity contribution in [2.75, 3.05) is 12.8 Å². The zero-order chi connectivity index (χ0) is 18.9. The Morgan fingerprint density at radius 1 is 0.926 bits per heavy atom. The van der Waals surface area contributed by atoms with E-state index in [4.69, 9.17) is 9.72 Å². The number of ether oxygens (including phenoxy) is 1. The SMILES string of the molecule is CCc1ccc(-c2ccc(COCCCP=O)nc2-c2ccccc2)cc1. The second-order valence-corrected chi connectivity index (χ2v) is 7.08. The van der Waals surface area contributed by atoms with Crippen LogP contribution in [-0.2, 0) is 22.3 Å². The number of aromatic nitrogens is 1. The molecule has 4 heteroatoms. The second-order valence-electron chi connectivity index (χ2n) is 6.37. The molecule has 0 atom stereocenters. The number of hydrogen-bond acceptors (Lipinski definition) is 3. The number of rotatable bonds is 9. The summed E-state index contributed by atoms with van der Waals surface area (Å²) in [7, 11) is 0.177. The maximum atomic E-state index is 10.5. The summed E-state index contributed by atoms with van der Waals surface area (Å²) in [4.78, 5) is 4.89. The molecule has 0 radical (unpaired) electrons. The van der Waals surface area contributed by atoms with E-state index < -0.39 is 0 Å². The maximum Gasteiger partial charge on any atom is 0.155 e. The van der Waals surface area contributed by atoms with Crippen LogP contribution in [0.5, 0.6) is 0 Å². The van der Waals surface area contributed by atoms with Crippen LogP contribution in [0.25, 0.3) is 22.4 Å². The molecule has 1 heterocycles. The van der Waals surface area contributed by atoms with Gasteiger partial charge in [-0.2, -0.15) is 0 Å². The average Bonchev–Trinajstić information content (AvgIpc) is 2.74. The van der Waals surface area contributed by atoms with E-state index in [0.29, 0.717) is 19.4 Å². The third-order valence-corrected chi connectivity index (χ3v) is 4.96. The minimum atomic E-state index is 0.177. The van der Waals surface area contributed by atoms with Gasteiger partial charge >= 0.3 is 0 Å². The number of nitrogens with zero attached hydrogens (tertiary/aromatic N) is 1. The summed E-state index contributed by atoms with van der Waals surface area (Å²) in [5, 5.41) is 0. The first-order valence-corrected chi connectivity index (χ1v) is 10.3. The van der Waals surface area contributed by atoms with Gasteiger partial charge in [0.1, 0.15) is 0 Å². The third-order valence-electron chi connectivity index (χ3n) is 4.46. The molecule has 27 heavy (non-hydrogen) atoms. The number of benzene rings is 2. The molecule has 0 spiro atoms. The van der Waals surface area contributed by atoms with Gasteiger partial charge in [-0.15, -0.1) is 0 Å². The largest absolute Gasteiger partial charge is 0.375 e. The predicted octanol–water partition coefficient (Wildman–Crippen LogP) is 6.18. The van der Waals surface area contributed by atoms with Crippen LogP contribution in [0.3, 0.4) is 0 Å². The first-order chi connectivity index (χ1) is 13.3. The molecule has 0 amide bonds. The summed E-state index contributed by atoms with van der Waals surface area (Å²) >= 11 is 0. The first kappa shape index (κ1) is 19.4. The summed E-state index contributed by atoms with van der Waals surface area (Å²) in [5.41, 5.74) is 6.59. The van der Waals surface area contributed by atoms with Gasteiger partial charge in [0, 0.05) is 23.9 Å². The van der Waals surface area contributed by atoms with Crippen molar-refractivity contribution in [1.29, 1.82) is 0 Å². The van der Waals surface area contributed by atoms with Crippen LogP contribution in [0.4, 0.5) is 0 Å². The van der Waals surface area contributed by atoms with Crippen LogP contribution in [0, 0.1) is 0 Å². The van der Waals surface area contributed by atoms with Gasteiger partial charge < -0.3 is 4.74 Å². The van der Waals surface area contributed by atoms with Crippen LogP contribution in [0.2, 0.25) is 0 Å². The van der Waals surface area contributed by atoms with Gasteiger partial charge in [0.15, 0.2) is 8.46 Å². The van der Waals surface area contributed by atoms with Crippen LogP contribution in [0.15, 0.2) is 66.7 Å². The highest BCUT2D eigenvalue weighted by molar-refractivity contribution is 7.23. The monoisotopic (exact) mass is 377 g/mol. The van der Waals surface area contributed by atoms with Gasteiger partial charge in [-0.05, 0) is 30.0 Å². The van der Waals surface area contributed by atoms with E-state index in [1.165, 1.54) is 11.1 Å². The van der Waals surface area contributed by atoms with E-state index in [-0.39, 0.29) is 8.46 Å². The first-order valence-electron chi connectivity index (χ1n) is 9.33. The Morgan fingerprint density at radius 2 is 1.70 bits per heavy atom. The Bertz CT molecular complexity index is 863. The van der Waals surface area contributed by atoms with Gasteiger partial charge in [0.2, 0.25) is 0 Å². The lowest BCUT2D eigenvalue weighted by atomic mass is 9.97. The van der Waals surface area contributed by atoms with E-state index in [1.807, 2.05) is 24.3 Å². The fourth-order valence-electron chi connectivity index (χ4n) is 2.96. The molecule has 0 N–H and O–H groups in total. The van der Waals surface area contributed by atoms with E-state index in [1.54, 1.807) is 0 Å².